The van der Waals surface area contributed by atoms with Gasteiger partial charge in [0.05, 0.1) is 16.6 Å². The van der Waals surface area contributed by atoms with Crippen molar-refractivity contribution in [2.75, 3.05) is 0 Å². The Bertz CT molecular complexity index is 6210. The predicted molar refractivity (Wildman–Crippen MR) is 366 cm³/mol. The van der Waals surface area contributed by atoms with E-state index in [0.717, 1.165) is 0 Å². The Labute approximate surface area is 487 Å². The van der Waals surface area contributed by atoms with Gasteiger partial charge in [0.25, 0.3) is 6.71 Å². The van der Waals surface area contributed by atoms with Crippen molar-refractivity contribution in [3.8, 4) is 33.6 Å². The zero-order valence-corrected chi connectivity index (χ0v) is 46.0. The van der Waals surface area contributed by atoms with Gasteiger partial charge in [-0.3, -0.25) is 0 Å². The molecule has 0 atom stereocenters. The predicted octanol–water partition coefficient (Wildman–Crippen LogP) is 19.9. The van der Waals surface area contributed by atoms with Crippen LogP contribution in [0.1, 0.15) is 0 Å². The molecule has 2 aliphatic rings. The lowest BCUT2D eigenvalue weighted by molar-refractivity contribution is 1.15. The third-order valence-electron chi connectivity index (χ3n) is 20.1. The SMILES string of the molecule is c1cc2c3c(c1)-n1c4c(cc(-c5c6ccccc6cc6ccccc56)cc4c4ccc5c6ccccc6c6ccccc6c5c41)B3c1cc3c4ccccc4c4ccccc4c3c3c4cc(-c5c6ccccc6cc6ccccc56)ccc4n-2c13. The monoisotopic (exact) mass is 1070 g/mol. The van der Waals surface area contributed by atoms with E-state index in [4.69, 9.17) is 0 Å². The van der Waals surface area contributed by atoms with E-state index in [2.05, 4.69) is 282 Å². The van der Waals surface area contributed by atoms with Crippen LogP contribution in [-0.4, -0.2) is 15.8 Å². The second-order valence-corrected chi connectivity index (χ2v) is 24.1. The van der Waals surface area contributed by atoms with Crippen molar-refractivity contribution < 1.29 is 0 Å². The summed E-state index contributed by atoms with van der Waals surface area (Å²) in [6.07, 6.45) is 0. The second-order valence-electron chi connectivity index (χ2n) is 24.1. The van der Waals surface area contributed by atoms with Crippen LogP contribution >= 0.6 is 0 Å². The van der Waals surface area contributed by atoms with Crippen LogP contribution in [0.5, 0.6) is 0 Å². The highest BCUT2D eigenvalue weighted by Crippen LogP contribution is 2.50. The molecule has 3 heteroatoms. The first kappa shape index (κ1) is 44.6. The molecular weight excluding hydrogens is 1020 g/mol. The molecule has 0 unspecified atom stereocenters. The molecule has 0 saturated carbocycles. The van der Waals surface area contributed by atoms with Crippen molar-refractivity contribution in [3.63, 3.8) is 0 Å². The van der Waals surface area contributed by atoms with Gasteiger partial charge in [0.1, 0.15) is 0 Å². The van der Waals surface area contributed by atoms with Crippen LogP contribution in [0, 0.1) is 0 Å². The van der Waals surface area contributed by atoms with Gasteiger partial charge in [0.15, 0.2) is 0 Å². The van der Waals surface area contributed by atoms with Crippen LogP contribution < -0.4 is 16.4 Å². The molecule has 2 aliphatic heterocycles. The van der Waals surface area contributed by atoms with Crippen LogP contribution in [0.2, 0.25) is 0 Å². The van der Waals surface area contributed by atoms with Gasteiger partial charge in [-0.2, -0.15) is 0 Å². The molecular formula is C82H45BN2. The molecule has 0 bridgehead atoms. The van der Waals surface area contributed by atoms with Gasteiger partial charge in [0, 0.05) is 49.2 Å². The summed E-state index contributed by atoms with van der Waals surface area (Å²) in [5.41, 5.74) is 16.6. The summed E-state index contributed by atoms with van der Waals surface area (Å²) in [6.45, 7) is -0.119. The van der Waals surface area contributed by atoms with Gasteiger partial charge in [-0.15, -0.1) is 0 Å². The highest BCUT2D eigenvalue weighted by molar-refractivity contribution is 7.00. The molecule has 19 aromatic rings. The molecule has 2 aromatic heterocycles. The van der Waals surface area contributed by atoms with E-state index in [1.165, 1.54) is 201 Å². The lowest BCUT2D eigenvalue weighted by Crippen LogP contribution is -2.59. The van der Waals surface area contributed by atoms with E-state index in [0.29, 0.717) is 0 Å². The minimum Gasteiger partial charge on any atom is -0.310 e. The standard InChI is InChI=1S/C82H45BN2/c1-5-22-52-46(18-1)40-47-19-2-6-23-53(47)74(52)50-36-39-71-68(42-50)78-76-62-32-15-13-28-58(62)57-27-10-12-31-61(57)66(76)45-70-82(78)84(71)72-34-17-35-73-79(72)83(70)69-44-51(75-54-24-7-3-20-48(54)41-49-21-4-8-25-55(49)75)43-67-65-38-37-64-60-30-11-9-26-56(60)59-29-14-16-33-63(59)77(64)81(65)85(73)80(67)69/h1-45H. The molecule has 4 heterocycles. The minimum atomic E-state index is -0.119. The molecule has 0 fully saturated rings. The molecule has 0 N–H and O–H groups in total. The van der Waals surface area contributed by atoms with Gasteiger partial charge in [-0.25, -0.2) is 0 Å². The molecule has 0 spiro atoms. The van der Waals surface area contributed by atoms with E-state index in [9.17, 15) is 0 Å². The van der Waals surface area contributed by atoms with E-state index in [-0.39, 0.29) is 6.71 Å². The van der Waals surface area contributed by atoms with Crippen LogP contribution in [0.25, 0.3) is 185 Å². The van der Waals surface area contributed by atoms with E-state index >= 15 is 0 Å². The topological polar surface area (TPSA) is 9.86 Å². The fourth-order valence-electron chi connectivity index (χ4n) is 16.9. The molecule has 85 heavy (non-hydrogen) atoms. The van der Waals surface area contributed by atoms with Gasteiger partial charge in [-0.1, -0.05) is 231 Å². The van der Waals surface area contributed by atoms with Crippen molar-refractivity contribution in [2.45, 2.75) is 0 Å². The first-order valence-electron chi connectivity index (χ1n) is 29.9. The van der Waals surface area contributed by atoms with E-state index in [1.807, 2.05) is 0 Å². The Morgan fingerprint density at radius 1 is 0.224 bits per heavy atom. The first-order chi connectivity index (χ1) is 42.2. The smallest absolute Gasteiger partial charge is 0.252 e. The quantitative estimate of drug-likeness (QED) is 0.0928. The van der Waals surface area contributed by atoms with E-state index < -0.39 is 0 Å². The molecule has 0 radical (unpaired) electrons. The second kappa shape index (κ2) is 16.0. The van der Waals surface area contributed by atoms with Crippen LogP contribution in [-0.2, 0) is 0 Å². The average molecular weight is 1070 g/mol. The van der Waals surface area contributed by atoms with Crippen LogP contribution in [0.15, 0.2) is 273 Å². The maximum absolute atomic E-state index is 2.71. The van der Waals surface area contributed by atoms with E-state index in [1.54, 1.807) is 0 Å². The fraction of sp³-hybridized carbons (Fsp3) is 0. The molecule has 21 rings (SSSR count). The number of hydrogen-bond donors (Lipinski definition) is 0. The van der Waals surface area contributed by atoms with Gasteiger partial charge < -0.3 is 9.13 Å². The van der Waals surface area contributed by atoms with Crippen molar-refractivity contribution >= 4 is 174 Å². The molecule has 386 valence electrons. The summed E-state index contributed by atoms with van der Waals surface area (Å²) in [6, 6.07) is 105. The number of benzene rings is 17. The number of fused-ring (bicyclic) bond motifs is 28. The molecule has 2 nitrogen and oxygen atoms in total. The van der Waals surface area contributed by atoms with Crippen molar-refractivity contribution in [1.29, 1.82) is 0 Å². The zero-order chi connectivity index (χ0) is 54.9. The minimum absolute atomic E-state index is 0.119. The fourth-order valence-corrected chi connectivity index (χ4v) is 16.9. The Hall–Kier alpha value is -11.0. The molecule has 17 aromatic carbocycles. The number of nitrogens with zero attached hydrogens (tertiary/aromatic N) is 2. The number of aromatic nitrogens is 2. The summed E-state index contributed by atoms with van der Waals surface area (Å²) in [7, 11) is 0. The summed E-state index contributed by atoms with van der Waals surface area (Å²) in [5, 5.41) is 30.6. The Morgan fingerprint density at radius 3 is 1.21 bits per heavy atom. The highest BCUT2D eigenvalue weighted by atomic mass is 15.0. The Kier molecular flexibility index (Phi) is 8.38. The summed E-state index contributed by atoms with van der Waals surface area (Å²) in [4.78, 5) is 0. The molecule has 0 saturated heterocycles. The van der Waals surface area contributed by atoms with Crippen LogP contribution in [0.4, 0.5) is 0 Å². The zero-order valence-electron chi connectivity index (χ0n) is 46.0. The third kappa shape index (κ3) is 5.57. The maximum atomic E-state index is 2.71. The summed E-state index contributed by atoms with van der Waals surface area (Å²) >= 11 is 0. The maximum Gasteiger partial charge on any atom is 0.252 e. The molecule has 0 amide bonds. The average Bonchev–Trinajstić information content (AvgIpc) is 1.63. The van der Waals surface area contributed by atoms with Gasteiger partial charge in [0.2, 0.25) is 0 Å². The largest absolute Gasteiger partial charge is 0.310 e. The first-order valence-corrected chi connectivity index (χ1v) is 29.9. The van der Waals surface area contributed by atoms with Crippen molar-refractivity contribution in [1.82, 2.24) is 9.13 Å². The van der Waals surface area contributed by atoms with Gasteiger partial charge >= 0.3 is 0 Å². The lowest BCUT2D eigenvalue weighted by Gasteiger charge is -2.34. The highest BCUT2D eigenvalue weighted by Gasteiger charge is 2.42. The third-order valence-corrected chi connectivity index (χ3v) is 20.1. The number of rotatable bonds is 2. The molecule has 0 aliphatic carbocycles. The normalized spacial score (nSPS) is 12.9. The lowest BCUT2D eigenvalue weighted by atomic mass is 9.34. The summed E-state index contributed by atoms with van der Waals surface area (Å²) < 4.78 is 5.39. The Morgan fingerprint density at radius 2 is 0.647 bits per heavy atom. The summed E-state index contributed by atoms with van der Waals surface area (Å²) in [5.74, 6) is 0. The van der Waals surface area contributed by atoms with Crippen molar-refractivity contribution in [3.05, 3.63) is 273 Å². The van der Waals surface area contributed by atoms with Crippen LogP contribution in [0.3, 0.4) is 0 Å². The number of hydrogen-bond acceptors (Lipinski definition) is 0. The van der Waals surface area contributed by atoms with Crippen molar-refractivity contribution in [2.24, 2.45) is 0 Å². The van der Waals surface area contributed by atoms with Gasteiger partial charge in [-0.05, 0) is 178 Å². The Balaban J connectivity index is 0.988.